The molecule has 0 amide bonds. The Balaban J connectivity index is 1.38. The Labute approximate surface area is 212 Å². The minimum Gasteiger partial charge on any atom is -0.384 e. The number of nitrogens with one attached hydrogen (secondary N) is 3. The Morgan fingerprint density at radius 2 is 1.80 bits per heavy atom. The number of hydrogen-bond donors (Lipinski definition) is 3. The van der Waals surface area contributed by atoms with Crippen LogP contribution in [0, 0.1) is 11.7 Å². The first-order valence-corrected chi connectivity index (χ1v) is 13.0. The predicted octanol–water partition coefficient (Wildman–Crippen LogP) is 5.12. The molecule has 4 rings (SSSR count). The molecule has 2 aromatic heterocycles. The molecule has 3 heterocycles. The zero-order chi connectivity index (χ0) is 24.6. The van der Waals surface area contributed by atoms with E-state index in [9.17, 15) is 4.39 Å². The molecule has 35 heavy (non-hydrogen) atoms. The third kappa shape index (κ3) is 7.49. The third-order valence-corrected chi connectivity index (χ3v) is 7.24. The average molecular weight is 506 g/mol. The first-order valence-electron chi connectivity index (χ1n) is 12.7. The lowest BCUT2D eigenvalue weighted by Gasteiger charge is -2.31. The first kappa shape index (κ1) is 26.1. The molecule has 0 radical (unpaired) electrons. The molecule has 1 atom stereocenters. The van der Waals surface area contributed by atoms with E-state index < -0.39 is 5.82 Å². The van der Waals surface area contributed by atoms with E-state index in [-0.39, 0.29) is 5.15 Å². The van der Waals surface area contributed by atoms with E-state index >= 15 is 0 Å². The number of anilines is 2. The molecule has 1 saturated heterocycles. The van der Waals surface area contributed by atoms with Crippen molar-refractivity contribution in [2.45, 2.75) is 63.6 Å². The molecule has 0 bridgehead atoms. The molecule has 2 aromatic rings. The molecule has 0 spiro atoms. The maximum atomic E-state index is 14.8. The average Bonchev–Trinajstić information content (AvgIpc) is 2.87. The highest BCUT2D eigenvalue weighted by atomic mass is 35.5. The zero-order valence-electron chi connectivity index (χ0n) is 20.7. The van der Waals surface area contributed by atoms with E-state index in [1.807, 2.05) is 6.07 Å². The van der Waals surface area contributed by atoms with E-state index in [0.717, 1.165) is 64.0 Å². The van der Waals surface area contributed by atoms with Crippen LogP contribution >= 0.6 is 11.6 Å². The van der Waals surface area contributed by atoms with Crippen LogP contribution in [0.4, 0.5) is 15.9 Å². The number of rotatable bonds is 10. The Morgan fingerprint density at radius 1 is 1.06 bits per heavy atom. The summed E-state index contributed by atoms with van der Waals surface area (Å²) in [6.07, 6.45) is 9.25. The van der Waals surface area contributed by atoms with Gasteiger partial charge in [0.25, 0.3) is 0 Å². The van der Waals surface area contributed by atoms with Crippen molar-refractivity contribution >= 4 is 23.1 Å². The van der Waals surface area contributed by atoms with Gasteiger partial charge in [-0.15, -0.1) is 0 Å². The van der Waals surface area contributed by atoms with Gasteiger partial charge in [0.05, 0.1) is 24.7 Å². The molecule has 9 heteroatoms. The van der Waals surface area contributed by atoms with Gasteiger partial charge in [-0.3, -0.25) is 0 Å². The van der Waals surface area contributed by atoms with Crippen molar-refractivity contribution in [2.75, 3.05) is 44.1 Å². The topological polar surface area (TPSA) is 80.3 Å². The number of aromatic nitrogens is 2. The van der Waals surface area contributed by atoms with Crippen LogP contribution in [0.15, 0.2) is 24.5 Å². The number of pyridine rings is 2. The summed E-state index contributed by atoms with van der Waals surface area (Å²) >= 11 is 6.40. The van der Waals surface area contributed by atoms with E-state index in [1.165, 1.54) is 6.20 Å². The maximum absolute atomic E-state index is 14.8. The highest BCUT2D eigenvalue weighted by Gasteiger charge is 2.23. The third-order valence-electron chi connectivity index (χ3n) is 6.94. The molecule has 1 aliphatic carbocycles. The number of ether oxygens (including phenoxy) is 2. The van der Waals surface area contributed by atoms with Gasteiger partial charge >= 0.3 is 0 Å². The van der Waals surface area contributed by atoms with Gasteiger partial charge in [0.2, 0.25) is 0 Å². The van der Waals surface area contributed by atoms with Gasteiger partial charge < -0.3 is 25.4 Å². The summed E-state index contributed by atoms with van der Waals surface area (Å²) in [6, 6.07) is 4.76. The molecule has 1 saturated carbocycles. The zero-order valence-corrected chi connectivity index (χ0v) is 21.4. The first-order chi connectivity index (χ1) is 17.0. The van der Waals surface area contributed by atoms with E-state index in [2.05, 4.69) is 32.8 Å². The number of methoxy groups -OCH3 is 1. The molecular weight excluding hydrogens is 469 g/mol. The van der Waals surface area contributed by atoms with Crippen LogP contribution in [0.25, 0.3) is 11.1 Å². The quantitative estimate of drug-likeness (QED) is 0.386. The monoisotopic (exact) mass is 505 g/mol. The lowest BCUT2D eigenvalue weighted by molar-refractivity contribution is 0.0699. The Hall–Kier alpha value is -2.00. The normalized spacial score (nSPS) is 22.1. The van der Waals surface area contributed by atoms with Crippen molar-refractivity contribution in [3.8, 4) is 11.1 Å². The highest BCUT2D eigenvalue weighted by molar-refractivity contribution is 6.32. The molecule has 3 N–H and O–H groups in total. The molecule has 2 aliphatic rings. The summed E-state index contributed by atoms with van der Waals surface area (Å²) in [5.41, 5.74) is 1.79. The predicted molar refractivity (Wildman–Crippen MR) is 139 cm³/mol. The maximum Gasteiger partial charge on any atom is 0.149 e. The van der Waals surface area contributed by atoms with Crippen molar-refractivity contribution in [3.63, 3.8) is 0 Å². The van der Waals surface area contributed by atoms with Crippen LogP contribution in [-0.4, -0.2) is 61.6 Å². The SMILES string of the molecule is COCC(C)NC1CCC(Nc2cc(-c3cc(NCC4CCOCC4)cnc3Cl)c(F)cn2)CC1. The largest absolute Gasteiger partial charge is 0.384 e. The standard InChI is InChI=1S/C26H37ClFN5O2/c1-17(16-34-2)32-19-3-5-20(6-4-19)33-25-12-22(24(28)15-30-25)23-11-21(14-31-26(23)27)29-13-18-7-9-35-10-8-18/h11-12,14-15,17-20,29,32H,3-10,13,16H2,1-2H3,(H,30,33). The molecular formula is C26H37ClFN5O2. The summed E-state index contributed by atoms with van der Waals surface area (Å²) in [5.74, 6) is 0.799. The molecule has 1 aliphatic heterocycles. The smallest absolute Gasteiger partial charge is 0.149 e. The van der Waals surface area contributed by atoms with Crippen molar-refractivity contribution in [1.82, 2.24) is 15.3 Å². The van der Waals surface area contributed by atoms with E-state index in [0.29, 0.717) is 47.6 Å². The molecule has 0 aromatic carbocycles. The lowest BCUT2D eigenvalue weighted by Crippen LogP contribution is -2.42. The van der Waals surface area contributed by atoms with Crippen LogP contribution < -0.4 is 16.0 Å². The van der Waals surface area contributed by atoms with Crippen molar-refractivity contribution in [3.05, 3.63) is 35.5 Å². The molecule has 1 unspecified atom stereocenters. The van der Waals surface area contributed by atoms with Gasteiger partial charge in [0, 0.05) is 56.1 Å². The second-order valence-electron chi connectivity index (χ2n) is 9.76. The fourth-order valence-electron chi connectivity index (χ4n) is 4.98. The van der Waals surface area contributed by atoms with Gasteiger partial charge in [0.15, 0.2) is 0 Å². The molecule has 7 nitrogen and oxygen atoms in total. The Kier molecular flexibility index (Phi) is 9.54. The summed E-state index contributed by atoms with van der Waals surface area (Å²) < 4.78 is 25.5. The van der Waals surface area contributed by atoms with Gasteiger partial charge in [-0.1, -0.05) is 11.6 Å². The van der Waals surface area contributed by atoms with E-state index in [4.69, 9.17) is 21.1 Å². The fraction of sp³-hybridized carbons (Fsp3) is 0.615. The number of halogens is 2. The summed E-state index contributed by atoms with van der Waals surface area (Å²) in [6.45, 7) is 5.30. The van der Waals surface area contributed by atoms with Crippen molar-refractivity contribution in [1.29, 1.82) is 0 Å². The Morgan fingerprint density at radius 3 is 2.54 bits per heavy atom. The van der Waals surface area contributed by atoms with Crippen LogP contribution in [0.5, 0.6) is 0 Å². The van der Waals surface area contributed by atoms with Crippen molar-refractivity contribution in [2.24, 2.45) is 5.92 Å². The summed E-state index contributed by atoms with van der Waals surface area (Å²) in [7, 11) is 1.73. The van der Waals surface area contributed by atoms with Crippen LogP contribution in [-0.2, 0) is 9.47 Å². The highest BCUT2D eigenvalue weighted by Crippen LogP contribution is 2.33. The summed E-state index contributed by atoms with van der Waals surface area (Å²) in [5, 5.41) is 10.8. The van der Waals surface area contributed by atoms with E-state index in [1.54, 1.807) is 19.4 Å². The minimum atomic E-state index is -0.416. The molecule has 192 valence electrons. The van der Waals surface area contributed by atoms with Gasteiger partial charge in [0.1, 0.15) is 16.8 Å². The minimum absolute atomic E-state index is 0.273. The van der Waals surface area contributed by atoms with Gasteiger partial charge in [-0.25, -0.2) is 14.4 Å². The van der Waals surface area contributed by atoms with Crippen LogP contribution in [0.3, 0.4) is 0 Å². The van der Waals surface area contributed by atoms with Crippen LogP contribution in [0.1, 0.15) is 45.4 Å². The fourth-order valence-corrected chi connectivity index (χ4v) is 5.19. The van der Waals surface area contributed by atoms with Crippen molar-refractivity contribution < 1.29 is 13.9 Å². The van der Waals surface area contributed by atoms with Crippen LogP contribution in [0.2, 0.25) is 5.15 Å². The second-order valence-corrected chi connectivity index (χ2v) is 10.1. The van der Waals surface area contributed by atoms with Gasteiger partial charge in [-0.2, -0.15) is 0 Å². The number of nitrogens with zero attached hydrogens (tertiary/aromatic N) is 2. The Bertz CT molecular complexity index is 951. The second kappa shape index (κ2) is 12.8. The lowest BCUT2D eigenvalue weighted by atomic mass is 9.90. The number of hydrogen-bond acceptors (Lipinski definition) is 7. The van der Waals surface area contributed by atoms with Gasteiger partial charge in [-0.05, 0) is 63.5 Å². The molecule has 2 fully saturated rings. The summed E-state index contributed by atoms with van der Waals surface area (Å²) in [4.78, 5) is 8.60.